The zero-order chi connectivity index (χ0) is 3.58. The molecule has 0 heterocycles. The summed E-state index contributed by atoms with van der Waals surface area (Å²) in [6.07, 6.45) is 0. The second-order valence-corrected chi connectivity index (χ2v) is 0.848. The molecule has 0 aliphatic heterocycles. The average molecular weight is 331 g/mol. The summed E-state index contributed by atoms with van der Waals surface area (Å²) in [4.78, 5) is 14.3. The molecule has 0 saturated carbocycles. The molecule has 0 saturated heterocycles. The predicted octanol–water partition coefficient (Wildman–Crippen LogP) is -4.90. The van der Waals surface area contributed by atoms with Gasteiger partial charge in [-0.15, -0.1) is 0 Å². The Morgan fingerprint density at radius 1 is 1.29 bits per heavy atom. The van der Waals surface area contributed by atoms with E-state index < -0.39 is 9.17 Å². The van der Waals surface area contributed by atoms with Gasteiger partial charge in [-0.25, -0.2) is 0 Å². The van der Waals surface area contributed by atoms with Crippen molar-refractivity contribution in [2.24, 2.45) is 0 Å². The van der Waals surface area contributed by atoms with Crippen LogP contribution in [0.25, 0.3) is 0 Å². The average Bonchev–Trinajstić information content (AvgIpc) is 0.811. The molecule has 0 atom stereocenters. The molecule has 0 fully saturated rings. The summed E-state index contributed by atoms with van der Waals surface area (Å²) in [5, 5.41) is 0. The van der Waals surface area contributed by atoms with Crippen molar-refractivity contribution >= 4 is 62.2 Å². The van der Waals surface area contributed by atoms with E-state index in [1.54, 1.807) is 0 Å². The van der Waals surface area contributed by atoms with Crippen LogP contribution in [0.2, 0.25) is 0 Å². The van der Waals surface area contributed by atoms with E-state index in [-0.39, 0.29) is 53.1 Å². The standard InChI is InChI=1S/Al.BH3.H2O3Si.Pb.5H/c;;1-4(2)3;;;;;;/h;1H3;1-2H;;;;;;. The van der Waals surface area contributed by atoms with Crippen molar-refractivity contribution in [3.8, 4) is 0 Å². The molecule has 2 radical (unpaired) electrons. The van der Waals surface area contributed by atoms with Crippen molar-refractivity contribution in [1.29, 1.82) is 0 Å². The Morgan fingerprint density at radius 2 is 1.29 bits per heavy atom. The molecule has 0 aromatic rings. The second-order valence-electron chi connectivity index (χ2n) is 0.283. The first-order valence-corrected chi connectivity index (χ1v) is 1.95. The van der Waals surface area contributed by atoms with Crippen molar-refractivity contribution in [3.05, 3.63) is 0 Å². The molecule has 7 heteroatoms. The Kier molecular flexibility index (Phi) is 54.3. The summed E-state index contributed by atoms with van der Waals surface area (Å²) < 4.78 is 8.74. The maximum atomic E-state index is 8.74. The van der Waals surface area contributed by atoms with Crippen molar-refractivity contribution < 1.29 is 14.1 Å². The first kappa shape index (κ1) is 24.2. The predicted molar refractivity (Wildman–Crippen MR) is 39.3 cm³/mol. The van der Waals surface area contributed by atoms with Crippen molar-refractivity contribution in [1.82, 2.24) is 0 Å². The third-order valence-corrected chi connectivity index (χ3v) is 0. The minimum atomic E-state index is -3.13. The van der Waals surface area contributed by atoms with E-state index in [0.717, 1.165) is 0 Å². The zero-order valence-corrected chi connectivity index (χ0v) is 9.01. The molecule has 0 aromatic heterocycles. The molecule has 7 heavy (non-hydrogen) atoms. The van der Waals surface area contributed by atoms with Crippen LogP contribution in [0.4, 0.5) is 0 Å². The van der Waals surface area contributed by atoms with Gasteiger partial charge in [0, 0.05) is 0 Å². The van der Waals surface area contributed by atoms with Crippen LogP contribution < -0.4 is 0 Å². The Balaban J connectivity index is -0.0000000150. The Bertz CT molecular complexity index is 37.9. The van der Waals surface area contributed by atoms with Gasteiger partial charge in [-0.2, -0.15) is 0 Å². The number of hydrogen-bond donors (Lipinski definition) is 2. The fraction of sp³-hybridized carbons (Fsp3) is 0. The molecule has 0 aliphatic carbocycles. The molecular weight excluding hydrogens is 321 g/mol. The molecule has 0 rings (SSSR count). The van der Waals surface area contributed by atoms with Crippen molar-refractivity contribution in [2.45, 2.75) is 0 Å². The molecule has 2 N–H and O–H groups in total. The quantitative estimate of drug-likeness (QED) is 0.438. The molecule has 0 aliphatic rings. The normalized spacial score (nSPS) is 3.43. The topological polar surface area (TPSA) is 57.5 Å². The van der Waals surface area contributed by atoms with Gasteiger partial charge < -0.3 is 9.59 Å². The summed E-state index contributed by atoms with van der Waals surface area (Å²) in [6.45, 7) is 0. The summed E-state index contributed by atoms with van der Waals surface area (Å²) in [5.41, 5.74) is 0. The van der Waals surface area contributed by atoms with Gasteiger partial charge in [-0.3, -0.25) is 4.46 Å². The van der Waals surface area contributed by atoms with Gasteiger partial charge in [-0.1, -0.05) is 0 Å². The van der Waals surface area contributed by atoms with E-state index in [9.17, 15) is 0 Å². The fourth-order valence-corrected chi connectivity index (χ4v) is 0. The van der Waals surface area contributed by atoms with Gasteiger partial charge >= 0.3 is 36.5 Å². The van der Waals surface area contributed by atoms with E-state index in [0.29, 0.717) is 0 Å². The van der Waals surface area contributed by atoms with Gasteiger partial charge in [0.2, 0.25) is 0 Å². The van der Waals surface area contributed by atoms with E-state index in [1.807, 2.05) is 0 Å². The Hall–Kier alpha value is 1.14. The van der Waals surface area contributed by atoms with Gasteiger partial charge in [0.1, 0.15) is 0 Å². The molecule has 0 aromatic carbocycles. The molecule has 0 spiro atoms. The number of hydrogen-bond acceptors (Lipinski definition) is 1. The van der Waals surface area contributed by atoms with E-state index in [4.69, 9.17) is 14.1 Å². The third kappa shape index (κ3) is 146. The summed E-state index contributed by atoms with van der Waals surface area (Å²) in [7, 11) is -3.13. The van der Waals surface area contributed by atoms with Crippen LogP contribution in [0.1, 0.15) is 0 Å². The van der Waals surface area contributed by atoms with Crippen molar-refractivity contribution in [2.75, 3.05) is 0 Å². The Labute approximate surface area is 75.9 Å². The Morgan fingerprint density at radius 3 is 1.29 bits per heavy atom. The van der Waals surface area contributed by atoms with E-state index in [1.165, 1.54) is 0 Å². The number of rotatable bonds is 0. The van der Waals surface area contributed by atoms with Gasteiger partial charge in [0.15, 0.2) is 17.4 Å². The molecule has 3 nitrogen and oxygen atoms in total. The van der Waals surface area contributed by atoms with Crippen LogP contribution in [-0.2, 0) is 4.46 Å². The molecule has 0 amide bonds. The summed E-state index contributed by atoms with van der Waals surface area (Å²) >= 11 is 0. The summed E-state index contributed by atoms with van der Waals surface area (Å²) in [6, 6.07) is 0. The maximum absolute atomic E-state index is 8.74. The van der Waals surface area contributed by atoms with Crippen LogP contribution in [0.15, 0.2) is 0 Å². The third-order valence-electron chi connectivity index (χ3n) is 0. The molecule has 42 valence electrons. The monoisotopic (exact) mass is 332 g/mol. The van der Waals surface area contributed by atoms with E-state index >= 15 is 0 Å². The summed E-state index contributed by atoms with van der Waals surface area (Å²) in [5.74, 6) is 0. The van der Waals surface area contributed by atoms with Gasteiger partial charge in [0.25, 0.3) is 0 Å². The van der Waals surface area contributed by atoms with Gasteiger partial charge in [-0.05, 0) is 0 Å². The van der Waals surface area contributed by atoms with E-state index in [2.05, 4.69) is 0 Å². The zero-order valence-electron chi connectivity index (χ0n) is 2.51. The second kappa shape index (κ2) is 15.7. The first-order chi connectivity index (χ1) is 1.73. The molecule has 0 bridgehead atoms. The van der Waals surface area contributed by atoms with Crippen LogP contribution in [-0.4, -0.2) is 71.8 Å². The molecule has 0 unspecified atom stereocenters. The van der Waals surface area contributed by atoms with Crippen LogP contribution in [0.3, 0.4) is 0 Å². The van der Waals surface area contributed by atoms with Crippen LogP contribution >= 0.6 is 0 Å². The van der Waals surface area contributed by atoms with Crippen molar-refractivity contribution in [3.63, 3.8) is 0 Å². The molecular formula is H10AlBO3PbSi. The SMILES string of the molecule is B.O=[Si](O)O.[AlH3].[PbH2]. The van der Waals surface area contributed by atoms with Crippen LogP contribution in [0.5, 0.6) is 0 Å². The van der Waals surface area contributed by atoms with Gasteiger partial charge in [0.05, 0.1) is 8.41 Å². The van der Waals surface area contributed by atoms with Crippen LogP contribution in [0, 0.1) is 0 Å². The fourth-order valence-electron chi connectivity index (χ4n) is 0. The first-order valence-electron chi connectivity index (χ1n) is 0.651. The minimum absolute atomic E-state index is 0.